The molecule has 1 aromatic carbocycles. The van der Waals surface area contributed by atoms with Gasteiger partial charge in [0.2, 0.25) is 0 Å². The number of nitrogens with zero attached hydrogens (tertiary/aromatic N) is 2. The van der Waals surface area contributed by atoms with Crippen LogP contribution < -0.4 is 5.32 Å². The smallest absolute Gasteiger partial charge is 0.254 e. The van der Waals surface area contributed by atoms with Gasteiger partial charge in [0.05, 0.1) is 11.3 Å². The summed E-state index contributed by atoms with van der Waals surface area (Å²) in [6, 6.07) is 8.18. The summed E-state index contributed by atoms with van der Waals surface area (Å²) in [6.45, 7) is 1.64. The number of carbonyl (C=O) groups is 1. The molecule has 2 heterocycles. The lowest BCUT2D eigenvalue weighted by Crippen LogP contribution is -2.41. The second-order valence-electron chi connectivity index (χ2n) is 6.16. The molecule has 5 nitrogen and oxygen atoms in total. The molecule has 1 aliphatic rings. The Labute approximate surface area is 144 Å². The van der Waals surface area contributed by atoms with E-state index in [1.165, 1.54) is 0 Å². The van der Waals surface area contributed by atoms with Crippen molar-refractivity contribution in [1.82, 2.24) is 15.2 Å². The van der Waals surface area contributed by atoms with Crippen LogP contribution in [0.2, 0.25) is 0 Å². The van der Waals surface area contributed by atoms with Crippen LogP contribution in [-0.4, -0.2) is 46.6 Å². The first kappa shape index (κ1) is 17.4. The van der Waals surface area contributed by atoms with Gasteiger partial charge in [-0.3, -0.25) is 14.7 Å². The highest BCUT2D eigenvalue weighted by Crippen LogP contribution is 2.19. The Bertz CT molecular complexity index is 742. The molecule has 7 heteroatoms. The van der Waals surface area contributed by atoms with Crippen molar-refractivity contribution in [3.63, 3.8) is 0 Å². The van der Waals surface area contributed by atoms with Crippen molar-refractivity contribution in [1.29, 1.82) is 0 Å². The Balaban J connectivity index is 1.65. The van der Waals surface area contributed by atoms with Gasteiger partial charge < -0.3 is 10.4 Å². The van der Waals surface area contributed by atoms with E-state index in [0.29, 0.717) is 25.7 Å². The number of aromatic nitrogens is 1. The van der Waals surface area contributed by atoms with Gasteiger partial charge in [0, 0.05) is 50.5 Å². The summed E-state index contributed by atoms with van der Waals surface area (Å²) in [5, 5.41) is 12.3. The van der Waals surface area contributed by atoms with Crippen LogP contribution in [0.25, 0.3) is 0 Å². The molecule has 2 aromatic rings. The summed E-state index contributed by atoms with van der Waals surface area (Å²) in [6.07, 6.45) is 1.71. The summed E-state index contributed by atoms with van der Waals surface area (Å²) in [4.78, 5) is 18.6. The number of nitrogens with one attached hydrogen (secondary N) is 1. The molecule has 0 unspecified atom stereocenters. The second kappa shape index (κ2) is 7.67. The fourth-order valence-electron chi connectivity index (χ4n) is 3.08. The van der Waals surface area contributed by atoms with Gasteiger partial charge in [0.25, 0.3) is 5.91 Å². The summed E-state index contributed by atoms with van der Waals surface area (Å²) in [5.41, 5.74) is 0.692. The minimum Gasteiger partial charge on any atom is -0.396 e. The first-order valence-electron chi connectivity index (χ1n) is 8.06. The lowest BCUT2D eigenvalue weighted by molar-refractivity contribution is 0.0917. The van der Waals surface area contributed by atoms with Crippen LogP contribution in [0.1, 0.15) is 16.1 Å². The molecule has 0 saturated carbocycles. The van der Waals surface area contributed by atoms with E-state index in [2.05, 4.69) is 15.2 Å². The number of hydrogen-bond acceptors (Lipinski definition) is 4. The maximum atomic E-state index is 13.7. The number of halogens is 2. The van der Waals surface area contributed by atoms with Gasteiger partial charge in [-0.1, -0.05) is 6.07 Å². The monoisotopic (exact) mass is 347 g/mol. The predicted octanol–water partition coefficient (Wildman–Crippen LogP) is 1.58. The fraction of sp³-hybridized carbons (Fsp3) is 0.333. The summed E-state index contributed by atoms with van der Waals surface area (Å²) < 4.78 is 26.7. The van der Waals surface area contributed by atoms with Gasteiger partial charge >= 0.3 is 0 Å². The maximum Gasteiger partial charge on any atom is 0.254 e. The highest BCUT2D eigenvalue weighted by molar-refractivity contribution is 5.94. The molecule has 1 aromatic heterocycles. The molecule has 132 valence electrons. The van der Waals surface area contributed by atoms with Crippen molar-refractivity contribution in [2.24, 2.45) is 5.92 Å². The fourth-order valence-corrected chi connectivity index (χ4v) is 3.08. The Morgan fingerprint density at radius 2 is 2.12 bits per heavy atom. The van der Waals surface area contributed by atoms with Crippen molar-refractivity contribution in [3.8, 4) is 0 Å². The molecule has 1 saturated heterocycles. The first-order valence-corrected chi connectivity index (χ1v) is 8.06. The van der Waals surface area contributed by atoms with E-state index in [4.69, 9.17) is 0 Å². The third-order valence-electron chi connectivity index (χ3n) is 4.36. The number of pyridine rings is 1. The first-order chi connectivity index (χ1) is 12.1. The zero-order valence-electron chi connectivity index (χ0n) is 13.5. The lowest BCUT2D eigenvalue weighted by atomic mass is 10.0. The predicted molar refractivity (Wildman–Crippen MR) is 87.7 cm³/mol. The average molecular weight is 347 g/mol. The molecule has 1 amide bonds. The number of aliphatic hydroxyl groups excluding tert-OH is 1. The highest BCUT2D eigenvalue weighted by Gasteiger charge is 2.34. The quantitative estimate of drug-likeness (QED) is 0.862. The lowest BCUT2D eigenvalue weighted by Gasteiger charge is -2.18. The van der Waals surface area contributed by atoms with E-state index in [1.54, 1.807) is 6.20 Å². The molecule has 25 heavy (non-hydrogen) atoms. The summed E-state index contributed by atoms with van der Waals surface area (Å²) in [7, 11) is 0. The van der Waals surface area contributed by atoms with Crippen LogP contribution in [-0.2, 0) is 6.54 Å². The van der Waals surface area contributed by atoms with Crippen molar-refractivity contribution in [3.05, 3.63) is 65.5 Å². The number of likely N-dealkylation sites (tertiary alicyclic amines) is 1. The molecular formula is C18H19F2N3O2. The van der Waals surface area contributed by atoms with Crippen molar-refractivity contribution in [2.75, 3.05) is 19.7 Å². The van der Waals surface area contributed by atoms with Gasteiger partial charge in [-0.15, -0.1) is 0 Å². The molecule has 1 aliphatic heterocycles. The number of amides is 1. The van der Waals surface area contributed by atoms with Crippen LogP contribution in [0.5, 0.6) is 0 Å². The Kier molecular flexibility index (Phi) is 5.35. The molecule has 0 bridgehead atoms. The van der Waals surface area contributed by atoms with E-state index < -0.39 is 17.5 Å². The number of aliphatic hydroxyl groups is 1. The summed E-state index contributed by atoms with van der Waals surface area (Å²) >= 11 is 0. The Morgan fingerprint density at radius 3 is 2.80 bits per heavy atom. The van der Waals surface area contributed by atoms with Gasteiger partial charge in [-0.25, -0.2) is 8.78 Å². The molecular weight excluding hydrogens is 328 g/mol. The highest BCUT2D eigenvalue weighted by atomic mass is 19.1. The van der Waals surface area contributed by atoms with Crippen LogP contribution >= 0.6 is 0 Å². The topological polar surface area (TPSA) is 65.5 Å². The number of hydrogen-bond donors (Lipinski definition) is 2. The average Bonchev–Trinajstić information content (AvgIpc) is 2.97. The van der Waals surface area contributed by atoms with Crippen LogP contribution in [0, 0.1) is 17.6 Å². The second-order valence-corrected chi connectivity index (χ2v) is 6.16. The molecule has 0 spiro atoms. The molecule has 0 radical (unpaired) electrons. The number of benzene rings is 1. The van der Waals surface area contributed by atoms with Crippen LogP contribution in [0.15, 0.2) is 42.6 Å². The normalized spacial score (nSPS) is 20.6. The molecule has 1 fully saturated rings. The zero-order valence-corrected chi connectivity index (χ0v) is 13.5. The Hall–Kier alpha value is -2.38. The van der Waals surface area contributed by atoms with Crippen LogP contribution in [0.4, 0.5) is 8.78 Å². The maximum absolute atomic E-state index is 13.7. The van der Waals surface area contributed by atoms with Crippen molar-refractivity contribution in [2.45, 2.75) is 12.6 Å². The van der Waals surface area contributed by atoms with Gasteiger partial charge in [-0.05, 0) is 24.3 Å². The van der Waals surface area contributed by atoms with Crippen LogP contribution in [0.3, 0.4) is 0 Å². The minimum atomic E-state index is -0.901. The third-order valence-corrected chi connectivity index (χ3v) is 4.36. The minimum absolute atomic E-state index is 0.0877. The SMILES string of the molecule is O=C(N[C@@H]1CN(Cc2ccccn2)C[C@H]1CO)c1ccc(F)cc1F. The molecule has 0 aliphatic carbocycles. The van der Waals surface area contributed by atoms with E-state index >= 15 is 0 Å². The molecule has 3 rings (SSSR count). The Morgan fingerprint density at radius 1 is 1.28 bits per heavy atom. The summed E-state index contributed by atoms with van der Waals surface area (Å²) in [5.74, 6) is -2.40. The molecule has 2 N–H and O–H groups in total. The van der Waals surface area contributed by atoms with Gasteiger partial charge in [-0.2, -0.15) is 0 Å². The number of carbonyl (C=O) groups excluding carboxylic acids is 1. The standard InChI is InChI=1S/C18H19F2N3O2/c19-13-4-5-15(16(20)7-13)18(25)22-17-10-23(8-12(17)11-24)9-14-3-1-2-6-21-14/h1-7,12,17,24H,8-11H2,(H,22,25)/t12-,17+/m0/s1. The van der Waals surface area contributed by atoms with E-state index in [-0.39, 0.29) is 24.1 Å². The zero-order chi connectivity index (χ0) is 17.8. The van der Waals surface area contributed by atoms with E-state index in [9.17, 15) is 18.7 Å². The third kappa shape index (κ3) is 4.18. The van der Waals surface area contributed by atoms with Crippen molar-refractivity contribution >= 4 is 5.91 Å². The molecule has 2 atom stereocenters. The van der Waals surface area contributed by atoms with Crippen molar-refractivity contribution < 1.29 is 18.7 Å². The van der Waals surface area contributed by atoms with E-state index in [0.717, 1.165) is 17.8 Å². The van der Waals surface area contributed by atoms with E-state index in [1.807, 2.05) is 18.2 Å². The largest absolute Gasteiger partial charge is 0.396 e. The van der Waals surface area contributed by atoms with Gasteiger partial charge in [0.1, 0.15) is 11.6 Å². The van der Waals surface area contributed by atoms with Gasteiger partial charge in [0.15, 0.2) is 0 Å². The number of rotatable bonds is 5.